The third-order valence-electron chi connectivity index (χ3n) is 3.59. The van der Waals surface area contributed by atoms with Gasteiger partial charge >= 0.3 is 0 Å². The quantitative estimate of drug-likeness (QED) is 0.566. The van der Waals surface area contributed by atoms with Gasteiger partial charge in [0.15, 0.2) is 5.78 Å². The lowest BCUT2D eigenvalue weighted by molar-refractivity contribution is -0.115. The summed E-state index contributed by atoms with van der Waals surface area (Å²) < 4.78 is 0. The van der Waals surface area contributed by atoms with E-state index in [2.05, 4.69) is 35.8 Å². The Morgan fingerprint density at radius 1 is 1.04 bits per heavy atom. The Morgan fingerprint density at radius 2 is 1.67 bits per heavy atom. The van der Waals surface area contributed by atoms with Crippen LogP contribution in [0.2, 0.25) is 0 Å². The first-order valence-corrected chi connectivity index (χ1v) is 9.93. The Labute approximate surface area is 151 Å². The van der Waals surface area contributed by atoms with E-state index in [1.165, 1.54) is 17.4 Å². The van der Waals surface area contributed by atoms with Gasteiger partial charge in [0.2, 0.25) is 5.91 Å². The molecule has 0 radical (unpaired) electrons. The number of amides is 1. The Balaban J connectivity index is 1.85. The normalized spacial score (nSPS) is 11.8. The highest BCUT2D eigenvalue weighted by Gasteiger charge is 2.14. The van der Waals surface area contributed by atoms with E-state index < -0.39 is 0 Å². The van der Waals surface area contributed by atoms with Crippen LogP contribution in [0.15, 0.2) is 53.4 Å². The van der Waals surface area contributed by atoms with E-state index in [0.717, 1.165) is 5.75 Å². The Bertz CT molecular complexity index is 696. The van der Waals surface area contributed by atoms with Gasteiger partial charge in [-0.1, -0.05) is 12.1 Å². The van der Waals surface area contributed by atoms with Gasteiger partial charge in [-0.25, -0.2) is 0 Å². The molecular weight excluding hydrogens is 338 g/mol. The molecule has 0 saturated heterocycles. The van der Waals surface area contributed by atoms with E-state index in [4.69, 9.17) is 0 Å². The number of thioether (sulfide) groups is 2. The molecule has 3 nitrogen and oxygen atoms in total. The number of benzene rings is 2. The van der Waals surface area contributed by atoms with E-state index >= 15 is 0 Å². The first-order valence-electron chi connectivity index (χ1n) is 7.66. The van der Waals surface area contributed by atoms with Crippen LogP contribution >= 0.6 is 23.5 Å². The van der Waals surface area contributed by atoms with Gasteiger partial charge in [-0.15, -0.1) is 23.5 Å². The van der Waals surface area contributed by atoms with Crippen LogP contribution < -0.4 is 5.32 Å². The summed E-state index contributed by atoms with van der Waals surface area (Å²) in [6.07, 6.45) is 2.05. The number of rotatable bonds is 7. The van der Waals surface area contributed by atoms with Crippen molar-refractivity contribution in [3.8, 4) is 0 Å². The number of ketones is 1. The number of carbonyl (C=O) groups is 2. The molecule has 5 heteroatoms. The Kier molecular flexibility index (Phi) is 6.94. The average Bonchev–Trinajstić information content (AvgIpc) is 2.60. The second-order valence-corrected chi connectivity index (χ2v) is 7.63. The molecule has 1 amide bonds. The molecule has 0 aromatic heterocycles. The van der Waals surface area contributed by atoms with Crippen LogP contribution in [0.4, 0.5) is 5.69 Å². The van der Waals surface area contributed by atoms with Crippen molar-refractivity contribution in [1.82, 2.24) is 0 Å². The van der Waals surface area contributed by atoms with Gasteiger partial charge < -0.3 is 5.32 Å². The third-order valence-corrected chi connectivity index (χ3v) is 5.54. The third kappa shape index (κ3) is 5.42. The van der Waals surface area contributed by atoms with Crippen LogP contribution in [-0.4, -0.2) is 23.2 Å². The first kappa shape index (κ1) is 18.6. The summed E-state index contributed by atoms with van der Waals surface area (Å²) in [6, 6.07) is 15.4. The summed E-state index contributed by atoms with van der Waals surface area (Å²) in [5.41, 5.74) is 2.56. The molecule has 1 atom stereocenters. The predicted octanol–water partition coefficient (Wildman–Crippen LogP) is 4.87. The zero-order valence-corrected chi connectivity index (χ0v) is 15.7. The minimum Gasteiger partial charge on any atom is -0.325 e. The van der Waals surface area contributed by atoms with Crippen molar-refractivity contribution in [1.29, 1.82) is 0 Å². The van der Waals surface area contributed by atoms with Crippen molar-refractivity contribution in [3.63, 3.8) is 0 Å². The number of carbonyl (C=O) groups excluding carboxylic acids is 2. The fourth-order valence-electron chi connectivity index (χ4n) is 2.05. The molecule has 0 aliphatic heterocycles. The molecule has 0 bridgehead atoms. The molecule has 2 rings (SSSR count). The lowest BCUT2D eigenvalue weighted by Gasteiger charge is -2.12. The molecule has 0 saturated carbocycles. The zero-order chi connectivity index (χ0) is 17.5. The standard InChI is InChI=1S/C19H21NO2S2/c1-13(21)16-6-8-17(9-7-16)20-19(22)14(2)24-12-15-4-10-18(23-3)11-5-15/h4-11,14H,12H2,1-3H3,(H,20,22)/t14-/m0/s1. The van der Waals surface area contributed by atoms with E-state index in [-0.39, 0.29) is 16.9 Å². The minimum atomic E-state index is -0.155. The van der Waals surface area contributed by atoms with Crippen molar-refractivity contribution in [2.24, 2.45) is 0 Å². The second kappa shape index (κ2) is 8.94. The highest BCUT2D eigenvalue weighted by Crippen LogP contribution is 2.22. The number of hydrogen-bond acceptors (Lipinski definition) is 4. The maximum Gasteiger partial charge on any atom is 0.237 e. The number of anilines is 1. The lowest BCUT2D eigenvalue weighted by atomic mass is 10.1. The van der Waals surface area contributed by atoms with E-state index in [1.807, 2.05) is 6.92 Å². The smallest absolute Gasteiger partial charge is 0.237 e. The summed E-state index contributed by atoms with van der Waals surface area (Å²) in [6.45, 7) is 3.43. The summed E-state index contributed by atoms with van der Waals surface area (Å²) >= 11 is 3.32. The van der Waals surface area contributed by atoms with E-state index in [9.17, 15) is 9.59 Å². The lowest BCUT2D eigenvalue weighted by Crippen LogP contribution is -2.22. The average molecular weight is 360 g/mol. The second-order valence-electron chi connectivity index (χ2n) is 5.42. The monoisotopic (exact) mass is 359 g/mol. The van der Waals surface area contributed by atoms with Crippen molar-refractivity contribution in [2.75, 3.05) is 11.6 Å². The van der Waals surface area contributed by atoms with Crippen LogP contribution in [0.3, 0.4) is 0 Å². The fourth-order valence-corrected chi connectivity index (χ4v) is 3.30. The van der Waals surface area contributed by atoms with Crippen molar-refractivity contribution in [2.45, 2.75) is 29.7 Å². The van der Waals surface area contributed by atoms with Crippen LogP contribution in [0.1, 0.15) is 29.8 Å². The van der Waals surface area contributed by atoms with Gasteiger partial charge in [0.05, 0.1) is 5.25 Å². The minimum absolute atomic E-state index is 0.0179. The zero-order valence-electron chi connectivity index (χ0n) is 14.0. The molecule has 0 spiro atoms. The summed E-state index contributed by atoms with van der Waals surface area (Å²) in [5.74, 6) is 0.785. The number of Topliss-reactive ketones (excluding diaryl/α,β-unsaturated/α-hetero) is 1. The number of nitrogens with one attached hydrogen (secondary N) is 1. The molecule has 126 valence electrons. The van der Waals surface area contributed by atoms with Gasteiger partial charge in [-0.05, 0) is 62.1 Å². The molecule has 1 N–H and O–H groups in total. The summed E-state index contributed by atoms with van der Waals surface area (Å²) in [4.78, 5) is 24.7. The fraction of sp³-hybridized carbons (Fsp3) is 0.263. The molecular formula is C19H21NO2S2. The molecule has 24 heavy (non-hydrogen) atoms. The van der Waals surface area contributed by atoms with Gasteiger partial charge in [-0.2, -0.15) is 0 Å². The maximum absolute atomic E-state index is 12.3. The predicted molar refractivity (Wildman–Crippen MR) is 104 cm³/mol. The Morgan fingerprint density at radius 3 is 2.21 bits per heavy atom. The van der Waals surface area contributed by atoms with Gasteiger partial charge in [0.1, 0.15) is 0 Å². The topological polar surface area (TPSA) is 46.2 Å². The molecule has 0 heterocycles. The molecule has 2 aromatic rings. The maximum atomic E-state index is 12.3. The van der Waals surface area contributed by atoms with Gasteiger partial charge in [0, 0.05) is 21.9 Å². The highest BCUT2D eigenvalue weighted by atomic mass is 32.2. The summed E-state index contributed by atoms with van der Waals surface area (Å²) in [7, 11) is 0. The van der Waals surface area contributed by atoms with Crippen molar-refractivity contribution < 1.29 is 9.59 Å². The SMILES string of the molecule is CSc1ccc(CS[C@@H](C)C(=O)Nc2ccc(C(C)=O)cc2)cc1. The van der Waals surface area contributed by atoms with Gasteiger partial charge in [0.25, 0.3) is 0 Å². The van der Waals surface area contributed by atoms with Crippen LogP contribution in [0.25, 0.3) is 0 Å². The summed E-state index contributed by atoms with van der Waals surface area (Å²) in [5, 5.41) is 2.73. The van der Waals surface area contributed by atoms with Crippen molar-refractivity contribution in [3.05, 3.63) is 59.7 Å². The van der Waals surface area contributed by atoms with Gasteiger partial charge in [-0.3, -0.25) is 9.59 Å². The van der Waals surface area contributed by atoms with E-state index in [1.54, 1.807) is 47.8 Å². The number of hydrogen-bond donors (Lipinski definition) is 1. The van der Waals surface area contributed by atoms with Crippen LogP contribution in [0, 0.1) is 0 Å². The highest BCUT2D eigenvalue weighted by molar-refractivity contribution is 7.99. The van der Waals surface area contributed by atoms with Crippen LogP contribution in [-0.2, 0) is 10.5 Å². The first-order chi connectivity index (χ1) is 11.5. The van der Waals surface area contributed by atoms with Crippen LogP contribution in [0.5, 0.6) is 0 Å². The largest absolute Gasteiger partial charge is 0.325 e. The van der Waals surface area contributed by atoms with E-state index in [0.29, 0.717) is 11.3 Å². The molecule has 0 unspecified atom stereocenters. The molecule has 0 aliphatic carbocycles. The van der Waals surface area contributed by atoms with Crippen molar-refractivity contribution >= 4 is 40.9 Å². The molecule has 0 aliphatic rings. The molecule has 2 aromatic carbocycles. The molecule has 0 fully saturated rings. The Hall–Kier alpha value is -1.72.